The van der Waals surface area contributed by atoms with Crippen molar-refractivity contribution in [2.24, 2.45) is 7.05 Å². The first kappa shape index (κ1) is 25.1. The van der Waals surface area contributed by atoms with Gasteiger partial charge in [0.1, 0.15) is 5.82 Å². The Bertz CT molecular complexity index is 1520. The number of hydrogen-bond donors (Lipinski definition) is 2. The number of piperidine rings is 1. The van der Waals surface area contributed by atoms with E-state index in [4.69, 9.17) is 0 Å². The Kier molecular flexibility index (Phi) is 7.12. The predicted molar refractivity (Wildman–Crippen MR) is 142 cm³/mol. The molecule has 0 spiro atoms. The average molecular weight is 517 g/mol. The number of carbonyl (C=O) groups excluding carboxylic acids is 1. The molecule has 0 aliphatic carbocycles. The van der Waals surface area contributed by atoms with Crippen LogP contribution in [-0.2, 0) is 7.05 Å². The fourth-order valence-electron chi connectivity index (χ4n) is 4.65. The van der Waals surface area contributed by atoms with Crippen molar-refractivity contribution in [3.8, 4) is 11.3 Å². The third-order valence-electron chi connectivity index (χ3n) is 6.63. The molecule has 3 heterocycles. The molecule has 2 N–H and O–H groups in total. The highest BCUT2D eigenvalue weighted by atomic mass is 19.1. The molecule has 1 saturated heterocycles. The molecular formula is C28H26F2N6O2. The van der Waals surface area contributed by atoms with Crippen LogP contribution in [0.3, 0.4) is 0 Å². The summed E-state index contributed by atoms with van der Waals surface area (Å²) in [6.45, 7) is 1.35. The topological polar surface area (TPSA) is 92.2 Å². The summed E-state index contributed by atoms with van der Waals surface area (Å²) in [4.78, 5) is 35.4. The number of rotatable bonds is 5. The molecule has 1 fully saturated rings. The lowest BCUT2D eigenvalue weighted by molar-refractivity contribution is 0.262. The number of carbonyl (C=O) groups is 1. The highest BCUT2D eigenvalue weighted by Crippen LogP contribution is 2.30. The fourth-order valence-corrected chi connectivity index (χ4v) is 4.65. The second-order valence-corrected chi connectivity index (χ2v) is 9.16. The van der Waals surface area contributed by atoms with E-state index in [-0.39, 0.29) is 28.4 Å². The highest BCUT2D eigenvalue weighted by molar-refractivity contribution is 5.99. The van der Waals surface area contributed by atoms with E-state index < -0.39 is 17.7 Å². The standard InChI is InChI=1S/C28H26F2N6O2/c1-35-26(37)15-25(21-12-13-31-16-23(21)30)34-28(35)36-14-4-5-19(17-36)18-8-10-20(11-9-18)32-27(38)33-24-7-3-2-6-22(24)29/h2-3,6-13,15-16,19H,4-5,14,17H2,1H3,(H2,32,33,38)/t19-/m1/s1. The zero-order valence-corrected chi connectivity index (χ0v) is 20.7. The lowest BCUT2D eigenvalue weighted by Crippen LogP contribution is -2.38. The van der Waals surface area contributed by atoms with Crippen molar-refractivity contribution in [1.29, 1.82) is 0 Å². The van der Waals surface area contributed by atoms with Gasteiger partial charge >= 0.3 is 6.03 Å². The molecule has 0 bridgehead atoms. The molecular weight excluding hydrogens is 490 g/mol. The summed E-state index contributed by atoms with van der Waals surface area (Å²) in [6, 6.07) is 15.8. The number of halogens is 2. The molecule has 10 heteroatoms. The summed E-state index contributed by atoms with van der Waals surface area (Å²) < 4.78 is 29.6. The van der Waals surface area contributed by atoms with Crippen LogP contribution in [0.2, 0.25) is 0 Å². The molecule has 0 radical (unpaired) electrons. The van der Waals surface area contributed by atoms with Crippen LogP contribution >= 0.6 is 0 Å². The Balaban J connectivity index is 1.30. The minimum absolute atomic E-state index is 0.0997. The van der Waals surface area contributed by atoms with Crippen LogP contribution in [0.25, 0.3) is 11.3 Å². The maximum atomic E-state index is 14.3. The number of amides is 2. The molecule has 1 atom stereocenters. The summed E-state index contributed by atoms with van der Waals surface area (Å²) >= 11 is 0. The monoisotopic (exact) mass is 516 g/mol. The Hall–Kier alpha value is -4.60. The molecule has 2 aromatic carbocycles. The largest absolute Gasteiger partial charge is 0.342 e. The van der Waals surface area contributed by atoms with Gasteiger partial charge in [-0.25, -0.2) is 18.6 Å². The Morgan fingerprint density at radius 1 is 1.03 bits per heavy atom. The van der Waals surface area contributed by atoms with Gasteiger partial charge in [0, 0.05) is 49.6 Å². The molecule has 38 heavy (non-hydrogen) atoms. The molecule has 1 aliphatic rings. The van der Waals surface area contributed by atoms with Crippen LogP contribution in [0.5, 0.6) is 0 Å². The van der Waals surface area contributed by atoms with Crippen LogP contribution in [-0.4, -0.2) is 33.7 Å². The number of aromatic nitrogens is 3. The fraction of sp³-hybridized carbons (Fsp3) is 0.214. The van der Waals surface area contributed by atoms with E-state index in [1.165, 1.54) is 35.0 Å². The summed E-state index contributed by atoms with van der Waals surface area (Å²) in [5.41, 5.74) is 1.99. The molecule has 0 unspecified atom stereocenters. The minimum atomic E-state index is -0.538. The number of nitrogens with one attached hydrogen (secondary N) is 2. The van der Waals surface area contributed by atoms with Crippen molar-refractivity contribution >= 4 is 23.4 Å². The van der Waals surface area contributed by atoms with E-state index in [2.05, 4.69) is 20.6 Å². The van der Waals surface area contributed by atoms with E-state index in [1.54, 1.807) is 31.3 Å². The van der Waals surface area contributed by atoms with Gasteiger partial charge in [-0.1, -0.05) is 24.3 Å². The van der Waals surface area contributed by atoms with Crippen molar-refractivity contribution in [2.75, 3.05) is 28.6 Å². The van der Waals surface area contributed by atoms with Gasteiger partial charge in [-0.3, -0.25) is 14.3 Å². The van der Waals surface area contributed by atoms with Crippen molar-refractivity contribution in [2.45, 2.75) is 18.8 Å². The zero-order valence-electron chi connectivity index (χ0n) is 20.7. The SMILES string of the molecule is Cn1c(N2CCC[C@@H](c3ccc(NC(=O)Nc4ccccc4F)cc3)C2)nc(-c2ccncc2F)cc1=O. The second-order valence-electron chi connectivity index (χ2n) is 9.16. The van der Waals surface area contributed by atoms with Gasteiger partial charge in [0.05, 0.1) is 17.6 Å². The van der Waals surface area contributed by atoms with E-state index in [9.17, 15) is 18.4 Å². The van der Waals surface area contributed by atoms with E-state index in [1.807, 2.05) is 17.0 Å². The molecule has 8 nitrogen and oxygen atoms in total. The lowest BCUT2D eigenvalue weighted by Gasteiger charge is -2.34. The van der Waals surface area contributed by atoms with Gasteiger partial charge in [0.2, 0.25) is 5.95 Å². The Morgan fingerprint density at radius 2 is 1.82 bits per heavy atom. The Morgan fingerprint density at radius 3 is 2.58 bits per heavy atom. The van der Waals surface area contributed by atoms with Gasteiger partial charge in [0.15, 0.2) is 5.82 Å². The second kappa shape index (κ2) is 10.8. The first-order valence-electron chi connectivity index (χ1n) is 12.2. The zero-order chi connectivity index (χ0) is 26.6. The third-order valence-corrected chi connectivity index (χ3v) is 6.63. The van der Waals surface area contributed by atoms with Crippen molar-refractivity contribution in [1.82, 2.24) is 14.5 Å². The highest BCUT2D eigenvalue weighted by Gasteiger charge is 2.25. The summed E-state index contributed by atoms with van der Waals surface area (Å²) in [6.07, 6.45) is 4.41. The summed E-state index contributed by atoms with van der Waals surface area (Å²) in [7, 11) is 1.66. The minimum Gasteiger partial charge on any atom is -0.342 e. The summed E-state index contributed by atoms with van der Waals surface area (Å²) in [5, 5.41) is 5.21. The maximum absolute atomic E-state index is 14.3. The van der Waals surface area contributed by atoms with Crippen LogP contribution in [0.4, 0.5) is 30.9 Å². The number of nitrogens with zero attached hydrogens (tertiary/aromatic N) is 4. The maximum Gasteiger partial charge on any atom is 0.323 e. The third kappa shape index (κ3) is 5.39. The van der Waals surface area contributed by atoms with Crippen LogP contribution in [0, 0.1) is 11.6 Å². The number of benzene rings is 2. The summed E-state index contributed by atoms with van der Waals surface area (Å²) in [5.74, 6) is -0.393. The number of hydrogen-bond acceptors (Lipinski definition) is 5. The number of para-hydroxylation sites is 1. The van der Waals surface area contributed by atoms with Crippen LogP contribution in [0.1, 0.15) is 24.3 Å². The number of pyridine rings is 1. The Labute approximate surface area is 218 Å². The normalized spacial score (nSPS) is 15.2. The van der Waals surface area contributed by atoms with E-state index in [0.29, 0.717) is 18.2 Å². The average Bonchev–Trinajstić information content (AvgIpc) is 2.92. The molecule has 2 aromatic heterocycles. The van der Waals surface area contributed by atoms with Crippen LogP contribution < -0.4 is 21.1 Å². The number of anilines is 3. The number of urea groups is 1. The molecule has 5 rings (SSSR count). The predicted octanol–water partition coefficient (Wildman–Crippen LogP) is 5.15. The van der Waals surface area contributed by atoms with Gasteiger partial charge in [-0.05, 0) is 48.7 Å². The molecule has 0 saturated carbocycles. The molecule has 194 valence electrons. The van der Waals surface area contributed by atoms with Crippen molar-refractivity contribution < 1.29 is 13.6 Å². The first-order chi connectivity index (χ1) is 18.4. The van der Waals surface area contributed by atoms with Gasteiger partial charge in [-0.15, -0.1) is 0 Å². The first-order valence-corrected chi connectivity index (χ1v) is 12.2. The quantitative estimate of drug-likeness (QED) is 0.383. The van der Waals surface area contributed by atoms with E-state index in [0.717, 1.165) is 31.1 Å². The van der Waals surface area contributed by atoms with E-state index >= 15 is 0 Å². The lowest BCUT2D eigenvalue weighted by atomic mass is 9.90. The molecule has 4 aromatic rings. The van der Waals surface area contributed by atoms with Crippen molar-refractivity contribution in [3.63, 3.8) is 0 Å². The molecule has 2 amide bonds. The molecule has 1 aliphatic heterocycles. The van der Waals surface area contributed by atoms with Crippen LogP contribution in [0.15, 0.2) is 77.9 Å². The van der Waals surface area contributed by atoms with Gasteiger partial charge in [0.25, 0.3) is 5.56 Å². The van der Waals surface area contributed by atoms with Crippen molar-refractivity contribution in [3.05, 3.63) is 101 Å². The van der Waals surface area contributed by atoms with Gasteiger partial charge < -0.3 is 15.5 Å². The van der Waals surface area contributed by atoms with Gasteiger partial charge in [-0.2, -0.15) is 0 Å². The smallest absolute Gasteiger partial charge is 0.323 e.